The van der Waals surface area contributed by atoms with Gasteiger partial charge < -0.3 is 20.5 Å². The summed E-state index contributed by atoms with van der Waals surface area (Å²) in [5, 5.41) is 14.8. The van der Waals surface area contributed by atoms with Gasteiger partial charge >= 0.3 is 5.97 Å². The van der Waals surface area contributed by atoms with Gasteiger partial charge in [0.1, 0.15) is 18.4 Å². The van der Waals surface area contributed by atoms with E-state index in [2.05, 4.69) is 10.6 Å². The molecule has 0 radical (unpaired) electrons. The fraction of sp³-hybridized carbons (Fsp3) is 0.160. The Bertz CT molecular complexity index is 1100. The summed E-state index contributed by atoms with van der Waals surface area (Å²) in [5.41, 5.74) is 2.23. The van der Waals surface area contributed by atoms with Crippen molar-refractivity contribution in [1.29, 1.82) is 0 Å². The van der Waals surface area contributed by atoms with Gasteiger partial charge in [0, 0.05) is 13.3 Å². The summed E-state index contributed by atoms with van der Waals surface area (Å²) in [6.45, 7) is 1.73. The quantitative estimate of drug-likeness (QED) is 0.479. The van der Waals surface area contributed by atoms with E-state index >= 15 is 0 Å². The molecule has 0 heterocycles. The first-order valence-electron chi connectivity index (χ1n) is 10.1. The number of rotatable bonds is 9. The number of carboxylic acids is 1. The van der Waals surface area contributed by atoms with Crippen molar-refractivity contribution in [3.8, 4) is 5.75 Å². The predicted molar refractivity (Wildman–Crippen MR) is 121 cm³/mol. The number of para-hydroxylation sites is 1. The van der Waals surface area contributed by atoms with Crippen LogP contribution in [0.1, 0.15) is 28.4 Å². The van der Waals surface area contributed by atoms with Crippen LogP contribution < -0.4 is 15.4 Å². The van der Waals surface area contributed by atoms with Gasteiger partial charge in [-0.25, -0.2) is 4.79 Å². The second-order valence-electron chi connectivity index (χ2n) is 7.22. The zero-order valence-electron chi connectivity index (χ0n) is 17.6. The molecule has 3 aromatic carbocycles. The topological polar surface area (TPSA) is 105 Å². The van der Waals surface area contributed by atoms with Gasteiger partial charge in [-0.05, 0) is 35.4 Å². The van der Waals surface area contributed by atoms with Crippen LogP contribution in [0.3, 0.4) is 0 Å². The molecule has 0 bridgehead atoms. The third-order valence-electron chi connectivity index (χ3n) is 4.67. The molecule has 0 saturated heterocycles. The number of nitrogens with one attached hydrogen (secondary N) is 2. The van der Waals surface area contributed by atoms with E-state index in [1.165, 1.54) is 13.0 Å². The first-order chi connectivity index (χ1) is 15.4. The highest BCUT2D eigenvalue weighted by Gasteiger charge is 2.23. The minimum Gasteiger partial charge on any atom is -0.489 e. The van der Waals surface area contributed by atoms with E-state index < -0.39 is 17.9 Å². The fourth-order valence-corrected chi connectivity index (χ4v) is 3.15. The van der Waals surface area contributed by atoms with Crippen LogP contribution in [-0.2, 0) is 22.6 Å². The number of ether oxygens (including phenoxy) is 1. The van der Waals surface area contributed by atoms with E-state index in [4.69, 9.17) is 4.74 Å². The Morgan fingerprint density at radius 3 is 2.31 bits per heavy atom. The SMILES string of the molecule is CC(=O)Nc1ccccc1C(=O)N[C@@H](Cc1cccc(OCc2ccccc2)c1)C(=O)O. The number of carboxylic acid groups (broad SMARTS) is 1. The first-order valence-corrected chi connectivity index (χ1v) is 10.1. The fourth-order valence-electron chi connectivity index (χ4n) is 3.15. The maximum atomic E-state index is 12.7. The van der Waals surface area contributed by atoms with Crippen molar-refractivity contribution in [3.63, 3.8) is 0 Å². The minimum absolute atomic E-state index is 0.0753. The molecule has 0 aromatic heterocycles. The van der Waals surface area contributed by atoms with Crippen LogP contribution in [0.4, 0.5) is 5.69 Å². The number of amides is 2. The summed E-state index contributed by atoms with van der Waals surface area (Å²) >= 11 is 0. The Labute approximate surface area is 186 Å². The molecule has 3 aromatic rings. The van der Waals surface area contributed by atoms with Gasteiger partial charge in [0.2, 0.25) is 5.91 Å². The van der Waals surface area contributed by atoms with E-state index in [1.54, 1.807) is 42.5 Å². The van der Waals surface area contributed by atoms with Gasteiger partial charge in [0.15, 0.2) is 0 Å². The number of hydrogen-bond donors (Lipinski definition) is 3. The van der Waals surface area contributed by atoms with Crippen molar-refractivity contribution in [2.24, 2.45) is 0 Å². The van der Waals surface area contributed by atoms with Crippen molar-refractivity contribution in [1.82, 2.24) is 5.32 Å². The average Bonchev–Trinajstić information content (AvgIpc) is 2.78. The largest absolute Gasteiger partial charge is 0.489 e. The number of aliphatic carboxylic acids is 1. The van der Waals surface area contributed by atoms with Crippen LogP contribution >= 0.6 is 0 Å². The summed E-state index contributed by atoms with van der Waals surface area (Å²) in [5.74, 6) is -1.46. The molecule has 3 N–H and O–H groups in total. The Morgan fingerprint density at radius 1 is 0.906 bits per heavy atom. The number of carbonyl (C=O) groups is 3. The standard InChI is InChI=1S/C25H24N2O5/c1-17(28)26-22-13-6-5-12-21(22)24(29)27-23(25(30)31)15-19-10-7-11-20(14-19)32-16-18-8-3-2-4-9-18/h2-14,23H,15-16H2,1H3,(H,26,28)(H,27,29)(H,30,31)/t23-/m0/s1. The molecular weight excluding hydrogens is 408 g/mol. The van der Waals surface area contributed by atoms with Crippen LogP contribution in [-0.4, -0.2) is 28.9 Å². The molecule has 0 unspecified atom stereocenters. The van der Waals surface area contributed by atoms with Crippen LogP contribution in [0.25, 0.3) is 0 Å². The van der Waals surface area contributed by atoms with Gasteiger partial charge in [-0.1, -0.05) is 54.6 Å². The molecular formula is C25H24N2O5. The van der Waals surface area contributed by atoms with Crippen LogP contribution in [0.2, 0.25) is 0 Å². The Morgan fingerprint density at radius 2 is 1.59 bits per heavy atom. The predicted octanol–water partition coefficient (Wildman–Crippen LogP) is 3.65. The molecule has 7 heteroatoms. The zero-order valence-corrected chi connectivity index (χ0v) is 17.6. The Hall–Kier alpha value is -4.13. The molecule has 164 valence electrons. The van der Waals surface area contributed by atoms with Gasteiger partial charge in [-0.2, -0.15) is 0 Å². The maximum Gasteiger partial charge on any atom is 0.326 e. The molecule has 0 aliphatic carbocycles. The second kappa shape index (κ2) is 10.8. The monoisotopic (exact) mass is 432 g/mol. The lowest BCUT2D eigenvalue weighted by Crippen LogP contribution is -2.42. The van der Waals surface area contributed by atoms with Crippen molar-refractivity contribution >= 4 is 23.5 Å². The van der Waals surface area contributed by atoms with E-state index in [0.29, 0.717) is 23.6 Å². The summed E-state index contributed by atoms with van der Waals surface area (Å²) in [6.07, 6.45) is 0.0753. The molecule has 0 saturated carbocycles. The Balaban J connectivity index is 1.69. The Kier molecular flexibility index (Phi) is 7.59. The highest BCUT2D eigenvalue weighted by atomic mass is 16.5. The summed E-state index contributed by atoms with van der Waals surface area (Å²) in [7, 11) is 0. The molecule has 0 aliphatic rings. The van der Waals surface area contributed by atoms with Gasteiger partial charge in [0.05, 0.1) is 11.3 Å². The second-order valence-corrected chi connectivity index (χ2v) is 7.22. The minimum atomic E-state index is -1.16. The highest BCUT2D eigenvalue weighted by Crippen LogP contribution is 2.18. The van der Waals surface area contributed by atoms with Crippen molar-refractivity contribution in [2.45, 2.75) is 26.0 Å². The third kappa shape index (κ3) is 6.43. The molecule has 0 fully saturated rings. The van der Waals surface area contributed by atoms with Gasteiger partial charge in [-0.3, -0.25) is 9.59 Å². The smallest absolute Gasteiger partial charge is 0.326 e. The van der Waals surface area contributed by atoms with Crippen molar-refractivity contribution in [2.75, 3.05) is 5.32 Å². The molecule has 2 amide bonds. The molecule has 0 spiro atoms. The zero-order chi connectivity index (χ0) is 22.9. The lowest BCUT2D eigenvalue weighted by molar-refractivity contribution is -0.139. The first kappa shape index (κ1) is 22.6. The summed E-state index contributed by atoms with van der Waals surface area (Å²) < 4.78 is 5.80. The number of anilines is 1. The number of benzene rings is 3. The molecule has 32 heavy (non-hydrogen) atoms. The third-order valence-corrected chi connectivity index (χ3v) is 4.67. The van der Waals surface area contributed by atoms with E-state index in [9.17, 15) is 19.5 Å². The molecule has 0 aliphatic heterocycles. The van der Waals surface area contributed by atoms with Crippen LogP contribution in [0, 0.1) is 0 Å². The van der Waals surface area contributed by atoms with E-state index in [1.807, 2.05) is 30.3 Å². The van der Waals surface area contributed by atoms with Gasteiger partial charge in [0.25, 0.3) is 5.91 Å². The molecule has 3 rings (SSSR count). The lowest BCUT2D eigenvalue weighted by atomic mass is 10.0. The van der Waals surface area contributed by atoms with E-state index in [-0.39, 0.29) is 17.9 Å². The van der Waals surface area contributed by atoms with Crippen molar-refractivity contribution < 1.29 is 24.2 Å². The number of hydrogen-bond acceptors (Lipinski definition) is 4. The van der Waals surface area contributed by atoms with Gasteiger partial charge in [-0.15, -0.1) is 0 Å². The molecule has 7 nitrogen and oxygen atoms in total. The summed E-state index contributed by atoms with van der Waals surface area (Å²) in [6, 6.07) is 22.1. The average molecular weight is 432 g/mol. The van der Waals surface area contributed by atoms with Crippen LogP contribution in [0.5, 0.6) is 5.75 Å². The molecule has 1 atom stereocenters. The number of carbonyl (C=O) groups excluding carboxylic acids is 2. The maximum absolute atomic E-state index is 12.7. The highest BCUT2D eigenvalue weighted by molar-refractivity contribution is 6.04. The lowest BCUT2D eigenvalue weighted by Gasteiger charge is -2.17. The van der Waals surface area contributed by atoms with Crippen LogP contribution in [0.15, 0.2) is 78.9 Å². The normalized spacial score (nSPS) is 11.3. The van der Waals surface area contributed by atoms with Crippen molar-refractivity contribution in [3.05, 3.63) is 95.6 Å². The van der Waals surface area contributed by atoms with E-state index in [0.717, 1.165) is 5.56 Å². The summed E-state index contributed by atoms with van der Waals surface area (Å²) in [4.78, 5) is 35.9.